The second kappa shape index (κ2) is 5.17. The SMILES string of the molecule is Nc1ccc2[nH]c(C(=O)NC3CCCSC3)cc2c1. The number of amides is 1. The summed E-state index contributed by atoms with van der Waals surface area (Å²) < 4.78 is 0. The van der Waals surface area contributed by atoms with E-state index in [4.69, 9.17) is 5.73 Å². The smallest absolute Gasteiger partial charge is 0.267 e. The summed E-state index contributed by atoms with van der Waals surface area (Å²) in [5, 5.41) is 4.06. The van der Waals surface area contributed by atoms with Crippen LogP contribution in [0, 0.1) is 0 Å². The van der Waals surface area contributed by atoms with E-state index in [9.17, 15) is 4.79 Å². The minimum absolute atomic E-state index is 0.0257. The van der Waals surface area contributed by atoms with Gasteiger partial charge in [0.15, 0.2) is 0 Å². The van der Waals surface area contributed by atoms with Crippen LogP contribution in [0.2, 0.25) is 0 Å². The van der Waals surface area contributed by atoms with E-state index in [1.807, 2.05) is 36.0 Å². The highest BCUT2D eigenvalue weighted by Gasteiger charge is 2.18. The van der Waals surface area contributed by atoms with E-state index in [1.54, 1.807) is 0 Å². The average Bonchev–Trinajstić information content (AvgIpc) is 2.83. The summed E-state index contributed by atoms with van der Waals surface area (Å²) in [4.78, 5) is 15.3. The molecule has 1 saturated heterocycles. The zero-order valence-corrected chi connectivity index (χ0v) is 11.4. The highest BCUT2D eigenvalue weighted by Crippen LogP contribution is 2.20. The van der Waals surface area contributed by atoms with Gasteiger partial charge in [0.25, 0.3) is 5.91 Å². The van der Waals surface area contributed by atoms with E-state index in [0.717, 1.165) is 23.1 Å². The standard InChI is InChI=1S/C14H17N3OS/c15-10-3-4-12-9(6-10)7-13(17-12)14(18)16-11-2-1-5-19-8-11/h3-4,6-7,11,17H,1-2,5,8,15H2,(H,16,18). The first kappa shape index (κ1) is 12.4. The molecule has 4 nitrogen and oxygen atoms in total. The topological polar surface area (TPSA) is 70.9 Å². The second-order valence-electron chi connectivity index (χ2n) is 4.92. The van der Waals surface area contributed by atoms with Crippen LogP contribution in [-0.2, 0) is 0 Å². The molecule has 1 amide bonds. The summed E-state index contributed by atoms with van der Waals surface area (Å²) in [6, 6.07) is 7.76. The Labute approximate surface area is 116 Å². The number of anilines is 1. The largest absolute Gasteiger partial charge is 0.399 e. The number of nitrogens with two attached hydrogens (primary N) is 1. The molecule has 0 aliphatic carbocycles. The Morgan fingerprint density at radius 2 is 2.32 bits per heavy atom. The van der Waals surface area contributed by atoms with Crippen molar-refractivity contribution in [2.24, 2.45) is 0 Å². The Kier molecular flexibility index (Phi) is 3.38. The molecule has 4 N–H and O–H groups in total. The first-order valence-electron chi connectivity index (χ1n) is 6.49. The van der Waals surface area contributed by atoms with Crippen LogP contribution in [-0.4, -0.2) is 28.4 Å². The van der Waals surface area contributed by atoms with Crippen molar-refractivity contribution in [2.45, 2.75) is 18.9 Å². The van der Waals surface area contributed by atoms with Crippen molar-refractivity contribution in [3.8, 4) is 0 Å². The number of nitrogens with one attached hydrogen (secondary N) is 2. The molecule has 0 spiro atoms. The lowest BCUT2D eigenvalue weighted by molar-refractivity contribution is 0.0934. The summed E-state index contributed by atoms with van der Waals surface area (Å²) in [6.07, 6.45) is 2.25. The van der Waals surface area contributed by atoms with Crippen LogP contribution >= 0.6 is 11.8 Å². The zero-order valence-electron chi connectivity index (χ0n) is 10.6. The third-order valence-electron chi connectivity index (χ3n) is 3.38. The number of fused-ring (bicyclic) bond motifs is 1. The monoisotopic (exact) mass is 275 g/mol. The minimum atomic E-state index is -0.0257. The number of hydrogen-bond donors (Lipinski definition) is 3. The molecule has 1 aromatic carbocycles. The maximum Gasteiger partial charge on any atom is 0.267 e. The van der Waals surface area contributed by atoms with Crippen LogP contribution in [0.3, 0.4) is 0 Å². The third-order valence-corrected chi connectivity index (χ3v) is 4.60. The average molecular weight is 275 g/mol. The van der Waals surface area contributed by atoms with Gasteiger partial charge in [0.1, 0.15) is 5.69 Å². The van der Waals surface area contributed by atoms with Gasteiger partial charge >= 0.3 is 0 Å². The molecule has 100 valence electrons. The Bertz CT molecular complexity index is 602. The molecular formula is C14H17N3OS. The number of H-pyrrole nitrogens is 1. The van der Waals surface area contributed by atoms with Crippen LogP contribution in [0.1, 0.15) is 23.3 Å². The Hall–Kier alpha value is -1.62. The number of thioether (sulfide) groups is 1. The second-order valence-corrected chi connectivity index (χ2v) is 6.07. The lowest BCUT2D eigenvalue weighted by atomic mass is 10.2. The Balaban J connectivity index is 1.77. The van der Waals surface area contributed by atoms with Gasteiger partial charge in [-0.05, 0) is 42.9 Å². The summed E-state index contributed by atoms with van der Waals surface area (Å²) in [7, 11) is 0. The molecule has 2 heterocycles. The molecule has 1 aliphatic rings. The van der Waals surface area contributed by atoms with Gasteiger partial charge in [-0.2, -0.15) is 11.8 Å². The van der Waals surface area contributed by atoms with Gasteiger partial charge in [0.2, 0.25) is 0 Å². The molecular weight excluding hydrogens is 258 g/mol. The highest BCUT2D eigenvalue weighted by molar-refractivity contribution is 7.99. The summed E-state index contributed by atoms with van der Waals surface area (Å²) in [5.41, 5.74) is 8.00. The first-order valence-corrected chi connectivity index (χ1v) is 7.65. The summed E-state index contributed by atoms with van der Waals surface area (Å²) >= 11 is 1.91. The van der Waals surface area contributed by atoms with Gasteiger partial charge in [0, 0.05) is 28.4 Å². The Morgan fingerprint density at radius 1 is 1.42 bits per heavy atom. The lowest BCUT2D eigenvalue weighted by Crippen LogP contribution is -2.38. The molecule has 2 aromatic rings. The van der Waals surface area contributed by atoms with E-state index in [1.165, 1.54) is 12.2 Å². The van der Waals surface area contributed by atoms with Crippen molar-refractivity contribution in [3.05, 3.63) is 30.0 Å². The molecule has 5 heteroatoms. The van der Waals surface area contributed by atoms with Crippen LogP contribution in [0.25, 0.3) is 10.9 Å². The van der Waals surface area contributed by atoms with Crippen LogP contribution in [0.5, 0.6) is 0 Å². The minimum Gasteiger partial charge on any atom is -0.399 e. The summed E-state index contributed by atoms with van der Waals surface area (Å²) in [6.45, 7) is 0. The number of nitrogen functional groups attached to an aromatic ring is 1. The fourth-order valence-corrected chi connectivity index (χ4v) is 3.46. The fraction of sp³-hybridized carbons (Fsp3) is 0.357. The summed E-state index contributed by atoms with van der Waals surface area (Å²) in [5.74, 6) is 2.19. The first-order chi connectivity index (χ1) is 9.22. The maximum atomic E-state index is 12.2. The quantitative estimate of drug-likeness (QED) is 0.737. The van der Waals surface area contributed by atoms with Crippen molar-refractivity contribution in [2.75, 3.05) is 17.2 Å². The van der Waals surface area contributed by atoms with Gasteiger partial charge < -0.3 is 16.0 Å². The molecule has 1 fully saturated rings. The van der Waals surface area contributed by atoms with Crippen molar-refractivity contribution in [3.63, 3.8) is 0 Å². The van der Waals surface area contributed by atoms with Crippen molar-refractivity contribution >= 4 is 34.3 Å². The molecule has 1 unspecified atom stereocenters. The number of benzene rings is 1. The number of aromatic amines is 1. The number of carbonyl (C=O) groups is 1. The predicted octanol–water partition coefficient (Wildman–Crippen LogP) is 2.38. The highest BCUT2D eigenvalue weighted by atomic mass is 32.2. The Morgan fingerprint density at radius 3 is 3.11 bits per heavy atom. The van der Waals surface area contributed by atoms with Gasteiger partial charge in [-0.25, -0.2) is 0 Å². The van der Waals surface area contributed by atoms with Crippen molar-refractivity contribution in [1.29, 1.82) is 0 Å². The van der Waals surface area contributed by atoms with Gasteiger partial charge in [-0.15, -0.1) is 0 Å². The number of rotatable bonds is 2. The molecule has 19 heavy (non-hydrogen) atoms. The number of aromatic nitrogens is 1. The molecule has 0 bridgehead atoms. The van der Waals surface area contributed by atoms with Crippen LogP contribution < -0.4 is 11.1 Å². The van der Waals surface area contributed by atoms with Crippen molar-refractivity contribution in [1.82, 2.24) is 10.3 Å². The van der Waals surface area contributed by atoms with Gasteiger partial charge in [-0.1, -0.05) is 0 Å². The fourth-order valence-electron chi connectivity index (χ4n) is 2.39. The molecule has 1 aromatic heterocycles. The normalized spacial score (nSPS) is 19.5. The molecule has 1 atom stereocenters. The third kappa shape index (κ3) is 2.71. The van der Waals surface area contributed by atoms with E-state index < -0.39 is 0 Å². The molecule has 0 radical (unpaired) electrons. The molecule has 1 aliphatic heterocycles. The van der Waals surface area contributed by atoms with Gasteiger partial charge in [0.05, 0.1) is 0 Å². The van der Waals surface area contributed by atoms with Crippen LogP contribution in [0.4, 0.5) is 5.69 Å². The van der Waals surface area contributed by atoms with E-state index in [2.05, 4.69) is 10.3 Å². The molecule has 0 saturated carbocycles. The van der Waals surface area contributed by atoms with Gasteiger partial charge in [-0.3, -0.25) is 4.79 Å². The number of hydrogen-bond acceptors (Lipinski definition) is 3. The lowest BCUT2D eigenvalue weighted by Gasteiger charge is -2.22. The van der Waals surface area contributed by atoms with E-state index in [-0.39, 0.29) is 5.91 Å². The van der Waals surface area contributed by atoms with Crippen molar-refractivity contribution < 1.29 is 4.79 Å². The maximum absolute atomic E-state index is 12.2. The zero-order chi connectivity index (χ0) is 13.2. The van der Waals surface area contributed by atoms with E-state index in [0.29, 0.717) is 17.4 Å². The number of carbonyl (C=O) groups excluding carboxylic acids is 1. The molecule has 3 rings (SSSR count). The van der Waals surface area contributed by atoms with Crippen LogP contribution in [0.15, 0.2) is 24.3 Å². The predicted molar refractivity (Wildman–Crippen MR) is 80.5 cm³/mol. The van der Waals surface area contributed by atoms with E-state index >= 15 is 0 Å².